The third-order valence-electron chi connectivity index (χ3n) is 2.40. The molecule has 1 aliphatic heterocycles. The van der Waals surface area contributed by atoms with Gasteiger partial charge in [0.05, 0.1) is 19.8 Å². The van der Waals surface area contributed by atoms with Crippen LogP contribution in [0.3, 0.4) is 0 Å². The van der Waals surface area contributed by atoms with Crippen molar-refractivity contribution in [2.75, 3.05) is 19.8 Å². The van der Waals surface area contributed by atoms with Gasteiger partial charge in [-0.2, -0.15) is 0 Å². The first kappa shape index (κ1) is 14.9. The van der Waals surface area contributed by atoms with Crippen LogP contribution in [-0.2, 0) is 28.6 Å². The van der Waals surface area contributed by atoms with E-state index in [9.17, 15) is 9.59 Å². The second kappa shape index (κ2) is 6.67. The van der Waals surface area contributed by atoms with Crippen molar-refractivity contribution < 1.29 is 28.6 Å². The lowest BCUT2D eigenvalue weighted by molar-refractivity contribution is -0.291. The first-order chi connectivity index (χ1) is 8.51. The van der Waals surface area contributed by atoms with E-state index in [1.165, 1.54) is 6.92 Å². The maximum absolute atomic E-state index is 11.6. The summed E-state index contributed by atoms with van der Waals surface area (Å²) >= 11 is 0. The average Bonchev–Trinajstić information content (AvgIpc) is 2.38. The Bertz CT molecular complexity index is 298. The zero-order valence-electron chi connectivity index (χ0n) is 10.9. The van der Waals surface area contributed by atoms with E-state index in [1.807, 2.05) is 0 Å². The van der Waals surface area contributed by atoms with Crippen molar-refractivity contribution >= 4 is 11.9 Å². The van der Waals surface area contributed by atoms with E-state index in [0.717, 1.165) is 0 Å². The standard InChI is InChI=1S/C11H19NO6/c1-4-9(13)12-18-8-6-16-11(3,17-7-8)10(14)15-5-2/h8H,4-7H2,1-3H3,(H,12,13). The van der Waals surface area contributed by atoms with Crippen molar-refractivity contribution in [1.82, 2.24) is 5.48 Å². The highest BCUT2D eigenvalue weighted by atomic mass is 16.8. The van der Waals surface area contributed by atoms with Crippen LogP contribution in [0.1, 0.15) is 27.2 Å². The van der Waals surface area contributed by atoms with Crippen molar-refractivity contribution in [3.8, 4) is 0 Å². The summed E-state index contributed by atoms with van der Waals surface area (Å²) in [7, 11) is 0. The number of carbonyl (C=O) groups is 2. The van der Waals surface area contributed by atoms with Crippen LogP contribution in [0.4, 0.5) is 0 Å². The summed E-state index contributed by atoms with van der Waals surface area (Å²) in [5.41, 5.74) is 2.27. The van der Waals surface area contributed by atoms with Crippen molar-refractivity contribution in [3.05, 3.63) is 0 Å². The molecule has 0 unspecified atom stereocenters. The van der Waals surface area contributed by atoms with E-state index < -0.39 is 17.9 Å². The number of hydrogen-bond donors (Lipinski definition) is 1. The Balaban J connectivity index is 2.36. The normalized spacial score (nSPS) is 27.6. The fraction of sp³-hybridized carbons (Fsp3) is 0.818. The molecule has 1 aliphatic rings. The summed E-state index contributed by atoms with van der Waals surface area (Å²) in [6.45, 7) is 5.44. The zero-order valence-corrected chi connectivity index (χ0v) is 10.9. The first-order valence-electron chi connectivity index (χ1n) is 5.91. The van der Waals surface area contributed by atoms with Gasteiger partial charge in [0.15, 0.2) is 0 Å². The van der Waals surface area contributed by atoms with E-state index in [-0.39, 0.29) is 25.7 Å². The van der Waals surface area contributed by atoms with Gasteiger partial charge < -0.3 is 14.2 Å². The molecule has 0 saturated carbocycles. The van der Waals surface area contributed by atoms with Gasteiger partial charge in [0.25, 0.3) is 5.79 Å². The number of esters is 1. The van der Waals surface area contributed by atoms with Gasteiger partial charge in [-0.1, -0.05) is 6.92 Å². The summed E-state index contributed by atoms with van der Waals surface area (Å²) < 4.78 is 15.4. The molecular weight excluding hydrogens is 242 g/mol. The quantitative estimate of drug-likeness (QED) is 0.560. The van der Waals surface area contributed by atoms with Gasteiger partial charge in [0, 0.05) is 13.3 Å². The molecule has 18 heavy (non-hydrogen) atoms. The minimum atomic E-state index is -1.40. The molecule has 0 aliphatic carbocycles. The van der Waals surface area contributed by atoms with Crippen LogP contribution in [0.25, 0.3) is 0 Å². The van der Waals surface area contributed by atoms with E-state index >= 15 is 0 Å². The molecule has 0 aromatic rings. The van der Waals surface area contributed by atoms with Gasteiger partial charge in [0.2, 0.25) is 5.91 Å². The Labute approximate surface area is 106 Å². The highest BCUT2D eigenvalue weighted by Crippen LogP contribution is 2.21. The van der Waals surface area contributed by atoms with Crippen LogP contribution in [0.2, 0.25) is 0 Å². The van der Waals surface area contributed by atoms with Crippen LogP contribution in [0.5, 0.6) is 0 Å². The molecule has 0 bridgehead atoms. The number of hydrogen-bond acceptors (Lipinski definition) is 6. The number of carbonyl (C=O) groups excluding carboxylic acids is 2. The predicted octanol–water partition coefficient (Wildman–Crippen LogP) is 0.139. The molecule has 1 rings (SSSR count). The largest absolute Gasteiger partial charge is 0.462 e. The highest BCUT2D eigenvalue weighted by molar-refractivity contribution is 5.77. The van der Waals surface area contributed by atoms with Crippen LogP contribution in [0, 0.1) is 0 Å². The van der Waals surface area contributed by atoms with Gasteiger partial charge >= 0.3 is 5.97 Å². The van der Waals surface area contributed by atoms with Crippen molar-refractivity contribution in [3.63, 3.8) is 0 Å². The van der Waals surface area contributed by atoms with Crippen molar-refractivity contribution in [1.29, 1.82) is 0 Å². The van der Waals surface area contributed by atoms with Gasteiger partial charge in [-0.05, 0) is 6.92 Å². The molecule has 1 saturated heterocycles. The topological polar surface area (TPSA) is 83.1 Å². The summed E-state index contributed by atoms with van der Waals surface area (Å²) in [4.78, 5) is 27.6. The van der Waals surface area contributed by atoms with Crippen LogP contribution in [0.15, 0.2) is 0 Å². The molecule has 7 nitrogen and oxygen atoms in total. The SMILES string of the molecule is CCOC(=O)C1(C)OCC(ONC(=O)CC)CO1. The predicted molar refractivity (Wildman–Crippen MR) is 60.2 cm³/mol. The maximum atomic E-state index is 11.6. The smallest absolute Gasteiger partial charge is 0.366 e. The van der Waals surface area contributed by atoms with Crippen LogP contribution >= 0.6 is 0 Å². The molecule has 0 aromatic carbocycles. The lowest BCUT2D eigenvalue weighted by Gasteiger charge is -2.34. The highest BCUT2D eigenvalue weighted by Gasteiger charge is 2.42. The minimum Gasteiger partial charge on any atom is -0.462 e. The molecule has 1 amide bonds. The molecule has 1 N–H and O–H groups in total. The van der Waals surface area contributed by atoms with Crippen molar-refractivity contribution in [2.24, 2.45) is 0 Å². The van der Waals surface area contributed by atoms with Crippen LogP contribution in [-0.4, -0.2) is 43.6 Å². The zero-order chi connectivity index (χ0) is 13.6. The second-order valence-electron chi connectivity index (χ2n) is 3.91. The molecule has 0 aromatic heterocycles. The summed E-state index contributed by atoms with van der Waals surface area (Å²) in [6.07, 6.45) is -0.113. The Hall–Kier alpha value is -1.18. The second-order valence-corrected chi connectivity index (χ2v) is 3.91. The Morgan fingerprint density at radius 1 is 1.33 bits per heavy atom. The summed E-state index contributed by atoms with van der Waals surface area (Å²) in [5.74, 6) is -2.19. The van der Waals surface area contributed by atoms with Gasteiger partial charge in [-0.15, -0.1) is 0 Å². The van der Waals surface area contributed by atoms with E-state index in [0.29, 0.717) is 6.42 Å². The molecule has 1 heterocycles. The summed E-state index contributed by atoms with van der Waals surface area (Å²) in [5, 5.41) is 0. The molecular formula is C11H19NO6. The Kier molecular flexibility index (Phi) is 5.52. The Morgan fingerprint density at radius 2 is 1.94 bits per heavy atom. The molecule has 104 valence electrons. The van der Waals surface area contributed by atoms with Crippen LogP contribution < -0.4 is 5.48 Å². The summed E-state index contributed by atoms with van der Waals surface area (Å²) in [6, 6.07) is 0. The third-order valence-corrected chi connectivity index (χ3v) is 2.40. The lowest BCUT2D eigenvalue weighted by atomic mass is 10.2. The molecule has 0 radical (unpaired) electrons. The molecule has 1 fully saturated rings. The third kappa shape index (κ3) is 3.94. The van der Waals surface area contributed by atoms with E-state index in [4.69, 9.17) is 19.0 Å². The number of amides is 1. The molecule has 7 heteroatoms. The molecule has 0 atom stereocenters. The van der Waals surface area contributed by atoms with E-state index in [2.05, 4.69) is 5.48 Å². The first-order valence-corrected chi connectivity index (χ1v) is 5.91. The lowest BCUT2D eigenvalue weighted by Crippen LogP contribution is -2.52. The fourth-order valence-electron chi connectivity index (χ4n) is 1.26. The average molecular weight is 261 g/mol. The monoisotopic (exact) mass is 261 g/mol. The van der Waals surface area contributed by atoms with E-state index in [1.54, 1.807) is 13.8 Å². The maximum Gasteiger partial charge on any atom is 0.366 e. The molecule has 0 spiro atoms. The number of nitrogens with one attached hydrogen (secondary N) is 1. The van der Waals surface area contributed by atoms with Gasteiger partial charge in [-0.25, -0.2) is 10.3 Å². The number of rotatable bonds is 5. The van der Waals surface area contributed by atoms with Crippen molar-refractivity contribution in [2.45, 2.75) is 39.1 Å². The van der Waals surface area contributed by atoms with Gasteiger partial charge in [0.1, 0.15) is 6.10 Å². The number of hydroxylamine groups is 1. The minimum absolute atomic E-state index is 0.138. The Morgan fingerprint density at radius 3 is 2.44 bits per heavy atom. The number of ether oxygens (including phenoxy) is 3. The van der Waals surface area contributed by atoms with Gasteiger partial charge in [-0.3, -0.25) is 9.63 Å². The fourth-order valence-corrected chi connectivity index (χ4v) is 1.26.